The fourth-order valence-corrected chi connectivity index (χ4v) is 3.84. The Bertz CT molecular complexity index is 1100. The molecule has 3 rings (SSSR count). The Kier molecular flexibility index (Phi) is 5.97. The molecule has 29 heavy (non-hydrogen) atoms. The predicted molar refractivity (Wildman–Crippen MR) is 113 cm³/mol. The SMILES string of the molecule is Cc1cc(N(C)C)nc(Nc2ccc(NS(=O)(=O)Cc3cccc(F)c3)cc2)n1. The van der Waals surface area contributed by atoms with E-state index in [1.165, 1.54) is 18.2 Å². The summed E-state index contributed by atoms with van der Waals surface area (Å²) in [5.74, 6) is 0.452. The van der Waals surface area contributed by atoms with Gasteiger partial charge in [-0.1, -0.05) is 12.1 Å². The molecule has 2 aromatic carbocycles. The molecule has 0 bridgehead atoms. The van der Waals surface area contributed by atoms with Crippen molar-refractivity contribution in [3.05, 3.63) is 71.7 Å². The van der Waals surface area contributed by atoms with Gasteiger partial charge in [0.25, 0.3) is 0 Å². The summed E-state index contributed by atoms with van der Waals surface area (Å²) in [6, 6.07) is 14.1. The van der Waals surface area contributed by atoms with Crippen LogP contribution in [0.15, 0.2) is 54.6 Å². The van der Waals surface area contributed by atoms with Crippen LogP contribution in [0.5, 0.6) is 0 Å². The second-order valence-corrected chi connectivity index (χ2v) is 8.50. The lowest BCUT2D eigenvalue weighted by atomic mass is 10.2. The molecule has 1 aromatic heterocycles. The number of hydrogen-bond donors (Lipinski definition) is 2. The van der Waals surface area contributed by atoms with Gasteiger partial charge >= 0.3 is 0 Å². The normalized spacial score (nSPS) is 11.2. The zero-order valence-electron chi connectivity index (χ0n) is 16.3. The van der Waals surface area contributed by atoms with E-state index in [0.29, 0.717) is 22.9 Å². The number of nitrogens with zero attached hydrogens (tertiary/aromatic N) is 3. The Hall–Kier alpha value is -3.20. The van der Waals surface area contributed by atoms with Crippen molar-refractivity contribution in [1.29, 1.82) is 0 Å². The monoisotopic (exact) mass is 415 g/mol. The number of aromatic nitrogens is 2. The largest absolute Gasteiger partial charge is 0.363 e. The van der Waals surface area contributed by atoms with Gasteiger partial charge in [0.2, 0.25) is 16.0 Å². The quantitative estimate of drug-likeness (QED) is 0.612. The average Bonchev–Trinajstić information content (AvgIpc) is 2.62. The molecule has 0 amide bonds. The minimum Gasteiger partial charge on any atom is -0.363 e. The van der Waals surface area contributed by atoms with Crippen LogP contribution < -0.4 is 14.9 Å². The molecular formula is C20H22FN5O2S. The summed E-state index contributed by atoms with van der Waals surface area (Å²) in [6.45, 7) is 1.89. The van der Waals surface area contributed by atoms with Gasteiger partial charge in [0.15, 0.2) is 0 Å². The first kappa shape index (κ1) is 20.5. The minimum absolute atomic E-state index is 0.310. The lowest BCUT2D eigenvalue weighted by Gasteiger charge is -2.14. The van der Waals surface area contributed by atoms with Crippen LogP contribution in [0, 0.1) is 12.7 Å². The maximum absolute atomic E-state index is 13.3. The summed E-state index contributed by atoms with van der Waals surface area (Å²) in [7, 11) is 0.134. The molecule has 0 saturated heterocycles. The van der Waals surface area contributed by atoms with E-state index in [0.717, 1.165) is 11.5 Å². The Balaban J connectivity index is 1.69. The highest BCUT2D eigenvalue weighted by Gasteiger charge is 2.12. The molecule has 0 unspecified atom stereocenters. The Morgan fingerprint density at radius 2 is 1.69 bits per heavy atom. The van der Waals surface area contributed by atoms with Crippen LogP contribution in [-0.4, -0.2) is 32.5 Å². The van der Waals surface area contributed by atoms with E-state index >= 15 is 0 Å². The number of aryl methyl sites for hydroxylation is 1. The summed E-state index contributed by atoms with van der Waals surface area (Å²) < 4.78 is 40.4. The van der Waals surface area contributed by atoms with Gasteiger partial charge in [-0.15, -0.1) is 0 Å². The number of hydrogen-bond acceptors (Lipinski definition) is 6. The van der Waals surface area contributed by atoms with Crippen molar-refractivity contribution in [2.24, 2.45) is 0 Å². The summed E-state index contributed by atoms with van der Waals surface area (Å²) >= 11 is 0. The summed E-state index contributed by atoms with van der Waals surface area (Å²) in [5, 5.41) is 3.11. The minimum atomic E-state index is -3.66. The highest BCUT2D eigenvalue weighted by Crippen LogP contribution is 2.20. The van der Waals surface area contributed by atoms with Crippen LogP contribution in [0.2, 0.25) is 0 Å². The number of benzene rings is 2. The van der Waals surface area contributed by atoms with Crippen molar-refractivity contribution in [3.8, 4) is 0 Å². The first-order valence-electron chi connectivity index (χ1n) is 8.85. The number of rotatable bonds is 7. The van der Waals surface area contributed by atoms with Gasteiger partial charge in [-0.3, -0.25) is 4.72 Å². The molecular weight excluding hydrogens is 393 g/mol. The second-order valence-electron chi connectivity index (χ2n) is 6.78. The van der Waals surface area contributed by atoms with Crippen molar-refractivity contribution in [2.75, 3.05) is 29.0 Å². The van der Waals surface area contributed by atoms with Crippen molar-refractivity contribution in [1.82, 2.24) is 9.97 Å². The lowest BCUT2D eigenvalue weighted by Crippen LogP contribution is -2.15. The summed E-state index contributed by atoms with van der Waals surface area (Å²) in [5.41, 5.74) is 2.33. The zero-order valence-corrected chi connectivity index (χ0v) is 17.2. The third-order valence-corrected chi connectivity index (χ3v) is 5.22. The Morgan fingerprint density at radius 3 is 2.34 bits per heavy atom. The van der Waals surface area contributed by atoms with Crippen LogP contribution in [0.4, 0.5) is 27.5 Å². The Morgan fingerprint density at radius 1 is 1.00 bits per heavy atom. The summed E-state index contributed by atoms with van der Waals surface area (Å²) in [6.07, 6.45) is 0. The van der Waals surface area contributed by atoms with Crippen LogP contribution >= 0.6 is 0 Å². The van der Waals surface area contributed by atoms with Crippen molar-refractivity contribution < 1.29 is 12.8 Å². The molecule has 3 aromatic rings. The number of sulfonamides is 1. The molecule has 7 nitrogen and oxygen atoms in total. The molecule has 0 aliphatic rings. The molecule has 0 atom stereocenters. The maximum Gasteiger partial charge on any atom is 0.236 e. The fraction of sp³-hybridized carbons (Fsp3) is 0.200. The Labute approximate surface area is 169 Å². The molecule has 1 heterocycles. The van der Waals surface area contributed by atoms with Crippen LogP contribution in [-0.2, 0) is 15.8 Å². The number of nitrogens with one attached hydrogen (secondary N) is 2. The smallest absolute Gasteiger partial charge is 0.236 e. The van der Waals surface area contributed by atoms with Crippen LogP contribution in [0.3, 0.4) is 0 Å². The van der Waals surface area contributed by atoms with Crippen molar-refractivity contribution in [3.63, 3.8) is 0 Å². The third-order valence-electron chi connectivity index (χ3n) is 3.96. The lowest BCUT2D eigenvalue weighted by molar-refractivity contribution is 0.599. The van der Waals surface area contributed by atoms with Crippen LogP contribution in [0.25, 0.3) is 0 Å². The van der Waals surface area contributed by atoms with E-state index in [9.17, 15) is 12.8 Å². The van der Waals surface area contributed by atoms with Gasteiger partial charge in [-0.25, -0.2) is 17.8 Å². The van der Waals surface area contributed by atoms with Gasteiger partial charge < -0.3 is 10.2 Å². The summed E-state index contributed by atoms with van der Waals surface area (Å²) in [4.78, 5) is 10.7. The molecule has 9 heteroatoms. The first-order chi connectivity index (χ1) is 13.7. The number of anilines is 4. The molecule has 0 aliphatic heterocycles. The van der Waals surface area contributed by atoms with Crippen molar-refractivity contribution >= 4 is 33.2 Å². The third kappa shape index (κ3) is 5.89. The molecule has 0 fully saturated rings. The van der Waals surface area contributed by atoms with E-state index in [1.54, 1.807) is 30.3 Å². The van der Waals surface area contributed by atoms with Gasteiger partial charge in [-0.05, 0) is 48.9 Å². The van der Waals surface area contributed by atoms with E-state index in [-0.39, 0.29) is 5.75 Å². The molecule has 0 spiro atoms. The van der Waals surface area contributed by atoms with Gasteiger partial charge in [0.05, 0.1) is 5.75 Å². The van der Waals surface area contributed by atoms with Gasteiger partial charge in [0, 0.05) is 37.2 Å². The van der Waals surface area contributed by atoms with Crippen molar-refractivity contribution in [2.45, 2.75) is 12.7 Å². The van der Waals surface area contributed by atoms with E-state index < -0.39 is 15.8 Å². The topological polar surface area (TPSA) is 87.2 Å². The standard InChI is InChI=1S/C20H22FN5O2S/c1-14-11-19(26(2)3)24-20(22-14)23-17-7-9-18(10-8-17)25-29(27,28)13-15-5-4-6-16(21)12-15/h4-12,25H,13H2,1-3H3,(H,22,23,24). The molecule has 0 radical (unpaired) electrons. The average molecular weight is 415 g/mol. The van der Waals surface area contributed by atoms with Gasteiger partial charge in [0.1, 0.15) is 11.6 Å². The molecule has 0 saturated carbocycles. The maximum atomic E-state index is 13.3. The van der Waals surface area contributed by atoms with Crippen LogP contribution in [0.1, 0.15) is 11.3 Å². The molecule has 0 aliphatic carbocycles. The highest BCUT2D eigenvalue weighted by molar-refractivity contribution is 7.91. The van der Waals surface area contributed by atoms with E-state index in [4.69, 9.17) is 0 Å². The highest BCUT2D eigenvalue weighted by atomic mass is 32.2. The number of halogens is 1. The van der Waals surface area contributed by atoms with E-state index in [2.05, 4.69) is 20.0 Å². The zero-order chi connectivity index (χ0) is 21.0. The fourth-order valence-electron chi connectivity index (χ4n) is 2.65. The first-order valence-corrected chi connectivity index (χ1v) is 10.5. The van der Waals surface area contributed by atoms with Gasteiger partial charge in [-0.2, -0.15) is 4.98 Å². The molecule has 152 valence electrons. The second kappa shape index (κ2) is 8.44. The molecule has 2 N–H and O–H groups in total. The predicted octanol–water partition coefficient (Wildman–Crippen LogP) is 3.68. The van der Waals surface area contributed by atoms with E-state index in [1.807, 2.05) is 32.0 Å².